The molecule has 0 unspecified atom stereocenters. The number of primary amides is 1. The van der Waals surface area contributed by atoms with E-state index in [1.54, 1.807) is 18.2 Å². The minimum atomic E-state index is -0.582. The predicted octanol–water partition coefficient (Wildman–Crippen LogP) is 3.36. The Morgan fingerprint density at radius 2 is 1.79 bits per heavy atom. The Morgan fingerprint density at radius 3 is 2.47 bits per heavy atom. The van der Waals surface area contributed by atoms with Gasteiger partial charge in [-0.1, -0.05) is 12.8 Å². The van der Waals surface area contributed by atoms with Gasteiger partial charge in [-0.15, -0.1) is 0 Å². The summed E-state index contributed by atoms with van der Waals surface area (Å²) >= 11 is 0. The molecule has 1 aliphatic carbocycles. The van der Waals surface area contributed by atoms with Crippen molar-refractivity contribution < 1.29 is 28.5 Å². The van der Waals surface area contributed by atoms with Gasteiger partial charge in [0.2, 0.25) is 0 Å². The van der Waals surface area contributed by atoms with Gasteiger partial charge in [0.05, 0.1) is 13.2 Å². The SMILES string of the molecule is COc1cc(C(=O)N2CC3(CCCC3)c3cc4c(cc3[C@@H]2C)OCCO4)ccc1OCC(N)=O. The number of carbonyl (C=O) groups is 2. The van der Waals surface area contributed by atoms with Crippen LogP contribution < -0.4 is 24.7 Å². The van der Waals surface area contributed by atoms with Gasteiger partial charge < -0.3 is 29.6 Å². The van der Waals surface area contributed by atoms with Crippen molar-refractivity contribution in [3.05, 3.63) is 47.0 Å². The number of ether oxygens (including phenoxy) is 4. The molecule has 0 saturated heterocycles. The molecule has 3 aliphatic rings. The van der Waals surface area contributed by atoms with E-state index in [4.69, 9.17) is 24.7 Å². The number of fused-ring (bicyclic) bond motifs is 3. The number of rotatable bonds is 5. The lowest BCUT2D eigenvalue weighted by atomic mass is 9.71. The summed E-state index contributed by atoms with van der Waals surface area (Å²) in [5.41, 5.74) is 8.02. The predicted molar refractivity (Wildman–Crippen MR) is 125 cm³/mol. The van der Waals surface area contributed by atoms with Crippen LogP contribution in [0.4, 0.5) is 0 Å². The summed E-state index contributed by atoms with van der Waals surface area (Å²) in [5, 5.41) is 0. The van der Waals surface area contributed by atoms with Gasteiger partial charge in [-0.25, -0.2) is 0 Å². The molecular weight excluding hydrogens is 436 g/mol. The lowest BCUT2D eigenvalue weighted by Crippen LogP contribution is -2.48. The maximum atomic E-state index is 13.8. The molecule has 5 rings (SSSR count). The van der Waals surface area contributed by atoms with Crippen molar-refractivity contribution in [2.45, 2.75) is 44.1 Å². The Bertz CT molecular complexity index is 1120. The molecular formula is C26H30N2O6. The number of amides is 2. The topological polar surface area (TPSA) is 100 Å². The van der Waals surface area contributed by atoms with Crippen molar-refractivity contribution in [1.29, 1.82) is 0 Å². The largest absolute Gasteiger partial charge is 0.493 e. The molecule has 8 nitrogen and oxygen atoms in total. The number of hydrogen-bond acceptors (Lipinski definition) is 6. The fourth-order valence-electron chi connectivity index (χ4n) is 5.59. The summed E-state index contributed by atoms with van der Waals surface area (Å²) in [4.78, 5) is 26.8. The van der Waals surface area contributed by atoms with Crippen LogP contribution in [-0.4, -0.2) is 50.2 Å². The summed E-state index contributed by atoms with van der Waals surface area (Å²) in [6.45, 7) is 3.54. The molecule has 2 amide bonds. The van der Waals surface area contributed by atoms with E-state index < -0.39 is 5.91 Å². The third-order valence-electron chi connectivity index (χ3n) is 7.28. The lowest BCUT2D eigenvalue weighted by molar-refractivity contribution is -0.119. The van der Waals surface area contributed by atoms with E-state index in [1.807, 2.05) is 4.90 Å². The number of methoxy groups -OCH3 is 1. The summed E-state index contributed by atoms with van der Waals surface area (Å²) in [7, 11) is 1.50. The average molecular weight is 467 g/mol. The molecule has 8 heteroatoms. The van der Waals surface area contributed by atoms with Gasteiger partial charge in [-0.2, -0.15) is 0 Å². The van der Waals surface area contributed by atoms with E-state index in [-0.39, 0.29) is 24.0 Å². The molecule has 2 aromatic carbocycles. The standard InChI is InChI=1S/C26H30N2O6/c1-16-18-12-22-23(33-10-9-32-22)13-19(18)26(7-3-4-8-26)15-28(16)25(30)17-5-6-20(21(11-17)31-2)34-14-24(27)29/h5-6,11-13,16H,3-4,7-10,14-15H2,1-2H3,(H2,27,29)/t16-/m0/s1. The molecule has 2 N–H and O–H groups in total. The van der Waals surface area contributed by atoms with Crippen molar-refractivity contribution in [2.24, 2.45) is 5.73 Å². The molecule has 1 spiro atoms. The third-order valence-corrected chi connectivity index (χ3v) is 7.28. The van der Waals surface area contributed by atoms with Crippen LogP contribution in [0.2, 0.25) is 0 Å². The molecule has 0 aromatic heterocycles. The van der Waals surface area contributed by atoms with Crippen LogP contribution in [0.3, 0.4) is 0 Å². The first-order chi connectivity index (χ1) is 16.4. The molecule has 34 heavy (non-hydrogen) atoms. The van der Waals surface area contributed by atoms with Gasteiger partial charge in [-0.3, -0.25) is 9.59 Å². The molecule has 2 aliphatic heterocycles. The van der Waals surface area contributed by atoms with Crippen LogP contribution in [0.15, 0.2) is 30.3 Å². The zero-order chi connectivity index (χ0) is 23.9. The summed E-state index contributed by atoms with van der Waals surface area (Å²) in [6, 6.07) is 9.10. The number of hydrogen-bond donors (Lipinski definition) is 1. The Kier molecular flexibility index (Phi) is 5.75. The fourth-order valence-corrected chi connectivity index (χ4v) is 5.59. The van der Waals surface area contributed by atoms with Crippen molar-refractivity contribution >= 4 is 11.8 Å². The maximum absolute atomic E-state index is 13.8. The van der Waals surface area contributed by atoms with Gasteiger partial charge in [0.15, 0.2) is 29.6 Å². The average Bonchev–Trinajstić information content (AvgIpc) is 3.33. The summed E-state index contributed by atoms with van der Waals surface area (Å²) in [5.74, 6) is 1.65. The molecule has 0 bridgehead atoms. The summed E-state index contributed by atoms with van der Waals surface area (Å²) < 4.78 is 22.6. The van der Waals surface area contributed by atoms with E-state index in [0.29, 0.717) is 36.8 Å². The Morgan fingerprint density at radius 1 is 1.09 bits per heavy atom. The fraction of sp³-hybridized carbons (Fsp3) is 0.462. The van der Waals surface area contributed by atoms with E-state index in [1.165, 1.54) is 12.7 Å². The van der Waals surface area contributed by atoms with Crippen LogP contribution in [0.5, 0.6) is 23.0 Å². The Balaban J connectivity index is 1.50. The van der Waals surface area contributed by atoms with Crippen LogP contribution in [0, 0.1) is 0 Å². The van der Waals surface area contributed by atoms with E-state index in [2.05, 4.69) is 19.1 Å². The van der Waals surface area contributed by atoms with Gasteiger partial charge in [0.25, 0.3) is 11.8 Å². The molecule has 2 aromatic rings. The quantitative estimate of drug-likeness (QED) is 0.725. The van der Waals surface area contributed by atoms with E-state index in [0.717, 1.165) is 42.7 Å². The minimum absolute atomic E-state index is 0.0703. The van der Waals surface area contributed by atoms with Gasteiger partial charge in [-0.05, 0) is 61.2 Å². The van der Waals surface area contributed by atoms with Gasteiger partial charge >= 0.3 is 0 Å². The van der Waals surface area contributed by atoms with Crippen molar-refractivity contribution in [1.82, 2.24) is 4.90 Å². The van der Waals surface area contributed by atoms with Crippen LogP contribution >= 0.6 is 0 Å². The molecule has 1 fully saturated rings. The highest BCUT2D eigenvalue weighted by Gasteiger charge is 2.46. The zero-order valence-corrected chi connectivity index (χ0v) is 19.6. The first-order valence-corrected chi connectivity index (χ1v) is 11.8. The minimum Gasteiger partial charge on any atom is -0.493 e. The van der Waals surface area contributed by atoms with Gasteiger partial charge in [0, 0.05) is 17.5 Å². The van der Waals surface area contributed by atoms with Crippen LogP contribution in [0.1, 0.15) is 60.1 Å². The monoisotopic (exact) mass is 466 g/mol. The van der Waals surface area contributed by atoms with Crippen molar-refractivity contribution in [3.8, 4) is 23.0 Å². The Labute approximate surface area is 198 Å². The normalized spacial score (nSPS) is 20.1. The maximum Gasteiger partial charge on any atom is 0.255 e. The first-order valence-electron chi connectivity index (χ1n) is 11.8. The molecule has 0 radical (unpaired) electrons. The molecule has 1 saturated carbocycles. The van der Waals surface area contributed by atoms with Crippen molar-refractivity contribution in [2.75, 3.05) is 33.5 Å². The molecule has 1 atom stereocenters. The number of benzene rings is 2. The molecule has 2 heterocycles. The highest BCUT2D eigenvalue weighted by atomic mass is 16.6. The van der Waals surface area contributed by atoms with Crippen molar-refractivity contribution in [3.63, 3.8) is 0 Å². The lowest BCUT2D eigenvalue weighted by Gasteiger charge is -2.46. The second kappa shape index (κ2) is 8.74. The number of carbonyl (C=O) groups excluding carboxylic acids is 2. The highest BCUT2D eigenvalue weighted by Crippen LogP contribution is 2.52. The smallest absolute Gasteiger partial charge is 0.255 e. The second-order valence-electron chi connectivity index (χ2n) is 9.30. The second-order valence-corrected chi connectivity index (χ2v) is 9.30. The van der Waals surface area contributed by atoms with Crippen LogP contribution in [0.25, 0.3) is 0 Å². The van der Waals surface area contributed by atoms with Crippen LogP contribution in [-0.2, 0) is 10.2 Å². The Hall–Kier alpha value is -3.42. The first kappa shape index (κ1) is 22.4. The third kappa shape index (κ3) is 3.81. The van der Waals surface area contributed by atoms with E-state index in [9.17, 15) is 9.59 Å². The summed E-state index contributed by atoms with van der Waals surface area (Å²) in [6.07, 6.45) is 4.37. The van der Waals surface area contributed by atoms with E-state index >= 15 is 0 Å². The zero-order valence-electron chi connectivity index (χ0n) is 19.6. The molecule has 180 valence electrons. The number of nitrogens with zero attached hydrogens (tertiary/aromatic N) is 1. The highest BCUT2D eigenvalue weighted by molar-refractivity contribution is 5.95. The number of nitrogens with two attached hydrogens (primary N) is 1. The van der Waals surface area contributed by atoms with Gasteiger partial charge in [0.1, 0.15) is 13.2 Å².